The van der Waals surface area contributed by atoms with Crippen LogP contribution in [0.25, 0.3) is 0 Å². The number of benzene rings is 1. The summed E-state index contributed by atoms with van der Waals surface area (Å²) in [6.45, 7) is 1.69. The van der Waals surface area contributed by atoms with Gasteiger partial charge in [0.25, 0.3) is 5.69 Å². The predicted octanol–water partition coefficient (Wildman–Crippen LogP) is 1.53. The molecule has 0 spiro atoms. The van der Waals surface area contributed by atoms with Crippen LogP contribution in [0.15, 0.2) is 35.5 Å². The third-order valence-electron chi connectivity index (χ3n) is 4.26. The number of nitrogens with two attached hydrogens (primary N) is 1. The fourth-order valence-corrected chi connectivity index (χ4v) is 4.48. The molecule has 1 saturated heterocycles. The average Bonchev–Trinajstić information content (AvgIpc) is 2.55. The maximum absolute atomic E-state index is 11.8. The average molecular weight is 386 g/mol. The Bertz CT molecular complexity index is 767. The summed E-state index contributed by atoms with van der Waals surface area (Å²) in [5.74, 6) is -1.52. The van der Waals surface area contributed by atoms with Crippen molar-refractivity contribution in [2.75, 3.05) is 0 Å². The number of hydrogen-bond donors (Lipinski definition) is 2. The van der Waals surface area contributed by atoms with Crippen molar-refractivity contribution in [3.05, 3.63) is 51.2 Å². The first-order valence-electron chi connectivity index (χ1n) is 7.22. The van der Waals surface area contributed by atoms with Crippen molar-refractivity contribution in [2.24, 2.45) is 5.73 Å². The summed E-state index contributed by atoms with van der Waals surface area (Å²) in [6.07, 6.45) is 0.510. The van der Waals surface area contributed by atoms with Gasteiger partial charge in [-0.3, -0.25) is 19.8 Å². The molecule has 8 nitrogen and oxygen atoms in total. The number of amides is 1. The molecule has 3 N–H and O–H groups in total. The number of fused-ring (bicyclic) bond motifs is 1. The molecule has 1 aromatic rings. The van der Waals surface area contributed by atoms with Crippen molar-refractivity contribution in [2.45, 2.75) is 30.0 Å². The minimum atomic E-state index is -1.15. The lowest BCUT2D eigenvalue weighted by Gasteiger charge is -2.50. The molecule has 1 fully saturated rings. The highest BCUT2D eigenvalue weighted by Gasteiger charge is 2.53. The Morgan fingerprint density at radius 2 is 2.00 bits per heavy atom. The van der Waals surface area contributed by atoms with E-state index >= 15 is 0 Å². The normalized spacial score (nSPS) is 25.0. The number of aliphatic carboxylic acids is 1. The number of nitrogens with zero attached hydrogens (tertiary/aromatic N) is 2. The Morgan fingerprint density at radius 3 is 2.52 bits per heavy atom. The van der Waals surface area contributed by atoms with Crippen molar-refractivity contribution < 1.29 is 19.6 Å². The van der Waals surface area contributed by atoms with Crippen LogP contribution in [0.3, 0.4) is 0 Å². The van der Waals surface area contributed by atoms with Crippen molar-refractivity contribution in [1.29, 1.82) is 0 Å². The molecule has 1 aromatic carbocycles. The Kier molecular flexibility index (Phi) is 5.40. The SMILES string of the molecule is CC1=C(C(=O)O)N2C(=O)C(N)[C@H]2SC1Cc1ccc([N+](=O)[O-])cc1.Cl. The molecule has 3 atom stereocenters. The number of β-lactam (4-membered cyclic amide) rings is 1. The minimum Gasteiger partial charge on any atom is -0.477 e. The number of halogens is 1. The third-order valence-corrected chi connectivity index (χ3v) is 5.89. The first kappa shape index (κ1) is 19.2. The molecule has 1 amide bonds. The number of carbonyl (C=O) groups is 2. The smallest absolute Gasteiger partial charge is 0.352 e. The van der Waals surface area contributed by atoms with E-state index in [1.54, 1.807) is 19.1 Å². The van der Waals surface area contributed by atoms with Gasteiger partial charge in [-0.25, -0.2) is 4.79 Å². The molecule has 2 aliphatic heterocycles. The zero-order valence-corrected chi connectivity index (χ0v) is 14.8. The van der Waals surface area contributed by atoms with Crippen LogP contribution >= 0.6 is 24.2 Å². The monoisotopic (exact) mass is 385 g/mol. The summed E-state index contributed by atoms with van der Waals surface area (Å²) < 4.78 is 0. The van der Waals surface area contributed by atoms with Gasteiger partial charge in [0.2, 0.25) is 5.91 Å². The van der Waals surface area contributed by atoms with Gasteiger partial charge in [0.1, 0.15) is 17.1 Å². The van der Waals surface area contributed by atoms with Crippen LogP contribution in [0.5, 0.6) is 0 Å². The van der Waals surface area contributed by atoms with Crippen LogP contribution < -0.4 is 5.73 Å². The van der Waals surface area contributed by atoms with Crippen LogP contribution in [0.4, 0.5) is 5.69 Å². The molecule has 10 heteroatoms. The molecule has 2 heterocycles. The summed E-state index contributed by atoms with van der Waals surface area (Å²) in [5, 5.41) is 19.6. The summed E-state index contributed by atoms with van der Waals surface area (Å²) in [5.41, 5.74) is 7.25. The Labute approximate surface area is 153 Å². The number of carbonyl (C=O) groups excluding carboxylic acids is 1. The lowest BCUT2D eigenvalue weighted by atomic mass is 9.98. The van der Waals surface area contributed by atoms with E-state index in [0.717, 1.165) is 5.56 Å². The van der Waals surface area contributed by atoms with Gasteiger partial charge in [-0.15, -0.1) is 24.2 Å². The molecule has 0 aromatic heterocycles. The van der Waals surface area contributed by atoms with Gasteiger partial charge in [0.05, 0.1) is 4.92 Å². The fraction of sp³-hybridized carbons (Fsp3) is 0.333. The van der Waals surface area contributed by atoms with E-state index < -0.39 is 16.9 Å². The number of carboxylic acids is 1. The van der Waals surface area contributed by atoms with Crippen LogP contribution in [0.1, 0.15) is 12.5 Å². The first-order chi connectivity index (χ1) is 11.3. The number of hydrogen-bond acceptors (Lipinski definition) is 6. The molecule has 0 saturated carbocycles. The Hall–Kier alpha value is -2.10. The molecule has 3 rings (SSSR count). The van der Waals surface area contributed by atoms with Gasteiger partial charge < -0.3 is 10.8 Å². The van der Waals surface area contributed by atoms with E-state index in [-0.39, 0.29) is 40.3 Å². The van der Waals surface area contributed by atoms with E-state index in [2.05, 4.69) is 0 Å². The number of nitro groups is 1. The summed E-state index contributed by atoms with van der Waals surface area (Å²) in [4.78, 5) is 34.9. The van der Waals surface area contributed by atoms with Crippen LogP contribution in [-0.2, 0) is 16.0 Å². The summed E-state index contributed by atoms with van der Waals surface area (Å²) >= 11 is 1.45. The lowest BCUT2D eigenvalue weighted by Crippen LogP contribution is -2.69. The zero-order chi connectivity index (χ0) is 17.6. The molecule has 2 aliphatic rings. The molecule has 134 valence electrons. The highest BCUT2D eigenvalue weighted by atomic mass is 35.5. The van der Waals surface area contributed by atoms with E-state index in [9.17, 15) is 24.8 Å². The second-order valence-corrected chi connectivity index (χ2v) is 7.04. The number of nitro benzene ring substituents is 1. The van der Waals surface area contributed by atoms with E-state index in [4.69, 9.17) is 5.73 Å². The highest BCUT2D eigenvalue weighted by molar-refractivity contribution is 8.00. The third kappa shape index (κ3) is 3.22. The van der Waals surface area contributed by atoms with Crippen molar-refractivity contribution in [3.63, 3.8) is 0 Å². The van der Waals surface area contributed by atoms with Crippen LogP contribution in [0.2, 0.25) is 0 Å². The quantitative estimate of drug-likeness (QED) is 0.457. The zero-order valence-electron chi connectivity index (χ0n) is 13.1. The lowest BCUT2D eigenvalue weighted by molar-refractivity contribution is -0.384. The van der Waals surface area contributed by atoms with Gasteiger partial charge in [0, 0.05) is 17.4 Å². The Balaban J connectivity index is 0.00000225. The second kappa shape index (κ2) is 7.03. The number of thioether (sulfide) groups is 1. The molecule has 0 aliphatic carbocycles. The van der Waals surface area contributed by atoms with E-state index in [1.165, 1.54) is 28.8 Å². The predicted molar refractivity (Wildman–Crippen MR) is 94.4 cm³/mol. The summed E-state index contributed by atoms with van der Waals surface area (Å²) in [7, 11) is 0. The molecule has 0 bridgehead atoms. The topological polar surface area (TPSA) is 127 Å². The number of carboxylic acid groups (broad SMARTS) is 1. The molecule has 0 radical (unpaired) electrons. The summed E-state index contributed by atoms with van der Waals surface area (Å²) in [6, 6.07) is 5.46. The van der Waals surface area contributed by atoms with Gasteiger partial charge in [-0.2, -0.15) is 0 Å². The molecular weight excluding hydrogens is 370 g/mol. The second-order valence-electron chi connectivity index (χ2n) is 5.71. The van der Waals surface area contributed by atoms with Gasteiger partial charge in [0.15, 0.2) is 0 Å². The van der Waals surface area contributed by atoms with Crippen LogP contribution in [0, 0.1) is 10.1 Å². The van der Waals surface area contributed by atoms with Crippen molar-refractivity contribution in [3.8, 4) is 0 Å². The minimum absolute atomic E-state index is 0. The molecule has 25 heavy (non-hydrogen) atoms. The first-order valence-corrected chi connectivity index (χ1v) is 8.17. The Morgan fingerprint density at radius 1 is 1.40 bits per heavy atom. The van der Waals surface area contributed by atoms with Crippen molar-refractivity contribution in [1.82, 2.24) is 4.90 Å². The van der Waals surface area contributed by atoms with Crippen LogP contribution in [-0.4, -0.2) is 43.5 Å². The number of rotatable bonds is 4. The van der Waals surface area contributed by atoms with Crippen molar-refractivity contribution >= 4 is 41.7 Å². The van der Waals surface area contributed by atoms with Gasteiger partial charge >= 0.3 is 5.97 Å². The fourth-order valence-electron chi connectivity index (χ4n) is 2.92. The largest absolute Gasteiger partial charge is 0.477 e. The van der Waals surface area contributed by atoms with E-state index in [0.29, 0.717) is 12.0 Å². The van der Waals surface area contributed by atoms with E-state index in [1.807, 2.05) is 0 Å². The highest BCUT2D eigenvalue weighted by Crippen LogP contribution is 2.44. The van der Waals surface area contributed by atoms with Gasteiger partial charge in [-0.05, 0) is 24.5 Å². The molecule has 2 unspecified atom stereocenters. The number of non-ortho nitro benzene ring substituents is 1. The maximum atomic E-state index is 11.8. The molecular formula is C15H16ClN3O5S. The standard InChI is InChI=1S/C15H15N3O5S.ClH/c1-7-10(6-8-2-4-9(5-3-8)18(22)23)24-14-11(16)13(19)17(14)12(7)15(20)21;/h2-5,10-11,14H,6,16H2,1H3,(H,20,21);1H/t10?,11?,14-;/m1./s1. The van der Waals surface area contributed by atoms with Gasteiger partial charge in [-0.1, -0.05) is 12.1 Å². The maximum Gasteiger partial charge on any atom is 0.352 e.